The van der Waals surface area contributed by atoms with Gasteiger partial charge in [-0.25, -0.2) is 0 Å². The van der Waals surface area contributed by atoms with Crippen LogP contribution in [-0.2, 0) is 26.6 Å². The van der Waals surface area contributed by atoms with Crippen molar-refractivity contribution in [3.05, 3.63) is 60.7 Å². The van der Waals surface area contributed by atoms with E-state index in [1.807, 2.05) is 41.5 Å². The van der Waals surface area contributed by atoms with Crippen LogP contribution >= 0.6 is 0 Å². The summed E-state index contributed by atoms with van der Waals surface area (Å²) < 4.78 is 38.1. The number of hydrogen-bond acceptors (Lipinski definition) is 6. The molecule has 0 unspecified atom stereocenters. The first-order valence-corrected chi connectivity index (χ1v) is 18.0. The molecule has 212 valence electrons. The lowest BCUT2D eigenvalue weighted by atomic mass is 9.90. The third-order valence-electron chi connectivity index (χ3n) is 7.33. The summed E-state index contributed by atoms with van der Waals surface area (Å²) in [5, 5.41) is 11.4. The summed E-state index contributed by atoms with van der Waals surface area (Å²) in [5.74, 6) is 0. The van der Waals surface area contributed by atoms with Gasteiger partial charge in [0.1, 0.15) is 0 Å². The van der Waals surface area contributed by atoms with E-state index < -0.39 is 17.6 Å². The molecule has 0 atom stereocenters. The predicted molar refractivity (Wildman–Crippen MR) is 168 cm³/mol. The van der Waals surface area contributed by atoms with Gasteiger partial charge in [-0.1, -0.05) is 60.7 Å². The Bertz CT molecular complexity index is 1430. The van der Waals surface area contributed by atoms with Crippen LogP contribution in [-0.4, -0.2) is 57.3 Å². The summed E-state index contributed by atoms with van der Waals surface area (Å²) in [4.78, 5) is 0. The van der Waals surface area contributed by atoms with Crippen LogP contribution in [0.1, 0.15) is 41.5 Å². The monoisotopic (exact) mass is 576 g/mol. The molecule has 5 rings (SSSR count). The first-order valence-electron chi connectivity index (χ1n) is 14.5. The van der Waals surface area contributed by atoms with Crippen molar-refractivity contribution < 1.29 is 26.6 Å². The molecule has 0 fully saturated rings. The Morgan fingerprint density at radius 1 is 0.375 bits per heavy atom. The first-order chi connectivity index (χ1) is 19.5. The van der Waals surface area contributed by atoms with E-state index in [1.54, 1.807) is 0 Å². The third kappa shape index (κ3) is 4.66. The zero-order chi connectivity index (χ0) is 28.3. The molecular weight excluding hydrogens is 537 g/mol. The van der Waals surface area contributed by atoms with Crippen LogP contribution in [0, 0.1) is 0 Å². The second kappa shape index (κ2) is 12.2. The molecule has 0 aromatic heterocycles. The standard InChI is InChI=1S/C32H40O6Si2/c1-7-33-39(34-8-2,35-9-3)29-21-19-25-24-16-14-18-28-30(40(36-10-4,37-11-5)38-12-6)22-20-26(32(24)28)23-15-13-17-27(29)31(23)25/h13-22H,7-12H2,1-6H3. The lowest BCUT2D eigenvalue weighted by Crippen LogP contribution is -2.57. The molecule has 0 saturated carbocycles. The average Bonchev–Trinajstić information content (AvgIpc) is 2.96. The minimum atomic E-state index is -3.13. The van der Waals surface area contributed by atoms with Crippen LogP contribution in [0.5, 0.6) is 0 Å². The van der Waals surface area contributed by atoms with Gasteiger partial charge < -0.3 is 26.6 Å². The highest BCUT2D eigenvalue weighted by molar-refractivity contribution is 6.79. The van der Waals surface area contributed by atoms with Crippen LogP contribution in [0.25, 0.3) is 43.1 Å². The lowest BCUT2D eigenvalue weighted by molar-refractivity contribution is 0.0854. The third-order valence-corrected chi connectivity index (χ3v) is 13.5. The summed E-state index contributed by atoms with van der Waals surface area (Å²) in [5.41, 5.74) is 0. The average molecular weight is 577 g/mol. The summed E-state index contributed by atoms with van der Waals surface area (Å²) in [6, 6.07) is 21.8. The zero-order valence-corrected chi connectivity index (χ0v) is 26.5. The molecule has 5 aromatic rings. The Labute approximate surface area is 239 Å². The summed E-state index contributed by atoms with van der Waals surface area (Å²) in [6.07, 6.45) is 0. The van der Waals surface area contributed by atoms with E-state index in [0.29, 0.717) is 39.6 Å². The molecule has 0 aliphatic rings. The second-order valence-corrected chi connectivity index (χ2v) is 14.5. The summed E-state index contributed by atoms with van der Waals surface area (Å²) in [6.45, 7) is 15.1. The van der Waals surface area contributed by atoms with Gasteiger partial charge in [0, 0.05) is 50.0 Å². The molecule has 0 bridgehead atoms. The van der Waals surface area contributed by atoms with Gasteiger partial charge in [0.25, 0.3) is 0 Å². The van der Waals surface area contributed by atoms with E-state index in [0.717, 1.165) is 21.1 Å². The Kier molecular flexibility index (Phi) is 8.89. The van der Waals surface area contributed by atoms with E-state index in [2.05, 4.69) is 60.7 Å². The Morgan fingerprint density at radius 2 is 0.650 bits per heavy atom. The Balaban J connectivity index is 1.88. The molecule has 8 heteroatoms. The van der Waals surface area contributed by atoms with Crippen molar-refractivity contribution in [3.8, 4) is 0 Å². The minimum Gasteiger partial charge on any atom is -0.370 e. The maximum Gasteiger partial charge on any atom is 0.537 e. The van der Waals surface area contributed by atoms with Gasteiger partial charge in [-0.05, 0) is 84.6 Å². The van der Waals surface area contributed by atoms with Crippen molar-refractivity contribution in [2.75, 3.05) is 39.6 Å². The minimum absolute atomic E-state index is 0.519. The molecule has 0 heterocycles. The Hall–Kier alpha value is -2.41. The van der Waals surface area contributed by atoms with Crippen molar-refractivity contribution in [3.63, 3.8) is 0 Å². The van der Waals surface area contributed by atoms with E-state index in [9.17, 15) is 0 Å². The fraction of sp³-hybridized carbons (Fsp3) is 0.375. The molecule has 0 radical (unpaired) electrons. The molecule has 6 nitrogen and oxygen atoms in total. The van der Waals surface area contributed by atoms with Gasteiger partial charge in [-0.3, -0.25) is 0 Å². The molecule has 0 aliphatic heterocycles. The maximum atomic E-state index is 6.34. The fourth-order valence-corrected chi connectivity index (χ4v) is 11.5. The second-order valence-electron chi connectivity index (χ2n) is 9.49. The number of rotatable bonds is 14. The quantitative estimate of drug-likeness (QED) is 0.0885. The van der Waals surface area contributed by atoms with Gasteiger partial charge >= 0.3 is 17.6 Å². The molecule has 5 aromatic carbocycles. The summed E-state index contributed by atoms with van der Waals surface area (Å²) in [7, 11) is -6.26. The van der Waals surface area contributed by atoms with Gasteiger partial charge in [0.05, 0.1) is 0 Å². The van der Waals surface area contributed by atoms with Crippen LogP contribution < -0.4 is 10.4 Å². The largest absolute Gasteiger partial charge is 0.537 e. The van der Waals surface area contributed by atoms with E-state index in [-0.39, 0.29) is 0 Å². The molecule has 0 spiro atoms. The SMILES string of the molecule is CCO[Si](OCC)(OCC)c1ccc2c3cccc4c([Si](OCC)(OCC)OCC)ccc(c5cccc1c52)c43. The van der Waals surface area contributed by atoms with Crippen molar-refractivity contribution in [1.29, 1.82) is 0 Å². The highest BCUT2D eigenvalue weighted by Crippen LogP contribution is 2.40. The molecular formula is C32H40O6Si2. The normalized spacial score (nSPS) is 12.9. The molecule has 0 aliphatic carbocycles. The van der Waals surface area contributed by atoms with E-state index in [1.165, 1.54) is 32.3 Å². The lowest BCUT2D eigenvalue weighted by Gasteiger charge is -2.31. The topological polar surface area (TPSA) is 55.4 Å². The van der Waals surface area contributed by atoms with E-state index in [4.69, 9.17) is 26.6 Å². The van der Waals surface area contributed by atoms with Crippen LogP contribution in [0.2, 0.25) is 0 Å². The molecule has 0 N–H and O–H groups in total. The maximum absolute atomic E-state index is 6.34. The summed E-state index contributed by atoms with van der Waals surface area (Å²) >= 11 is 0. The highest BCUT2D eigenvalue weighted by atomic mass is 28.4. The molecule has 40 heavy (non-hydrogen) atoms. The van der Waals surface area contributed by atoms with Crippen molar-refractivity contribution in [1.82, 2.24) is 0 Å². The van der Waals surface area contributed by atoms with Gasteiger partial charge in [0.15, 0.2) is 0 Å². The number of fused-ring (bicyclic) bond motifs is 2. The molecule has 0 saturated heterocycles. The number of benzene rings is 5. The highest BCUT2D eigenvalue weighted by Gasteiger charge is 2.46. The van der Waals surface area contributed by atoms with Gasteiger partial charge in [-0.15, -0.1) is 0 Å². The van der Waals surface area contributed by atoms with E-state index >= 15 is 0 Å². The predicted octanol–water partition coefficient (Wildman–Crippen LogP) is 6.25. The van der Waals surface area contributed by atoms with Crippen LogP contribution in [0.3, 0.4) is 0 Å². The molecule has 0 amide bonds. The van der Waals surface area contributed by atoms with Crippen molar-refractivity contribution >= 4 is 71.1 Å². The first kappa shape index (κ1) is 29.1. The van der Waals surface area contributed by atoms with Crippen molar-refractivity contribution in [2.24, 2.45) is 0 Å². The fourth-order valence-electron chi connectivity index (χ4n) is 6.10. The smallest absolute Gasteiger partial charge is 0.370 e. The van der Waals surface area contributed by atoms with Crippen LogP contribution in [0.4, 0.5) is 0 Å². The van der Waals surface area contributed by atoms with Gasteiger partial charge in [-0.2, -0.15) is 0 Å². The number of hydrogen-bond donors (Lipinski definition) is 0. The van der Waals surface area contributed by atoms with Gasteiger partial charge in [0.2, 0.25) is 0 Å². The van der Waals surface area contributed by atoms with Crippen molar-refractivity contribution in [2.45, 2.75) is 41.5 Å². The van der Waals surface area contributed by atoms with Crippen LogP contribution in [0.15, 0.2) is 60.7 Å². The Morgan fingerprint density at radius 3 is 0.950 bits per heavy atom. The zero-order valence-electron chi connectivity index (χ0n) is 24.5.